The molecule has 1 atom stereocenters. The number of rotatable bonds is 9. The number of benzene rings is 2. The van der Waals surface area contributed by atoms with Gasteiger partial charge < -0.3 is 10.6 Å². The van der Waals surface area contributed by atoms with E-state index in [0.717, 1.165) is 23.1 Å². The Labute approximate surface area is 217 Å². The number of amides is 3. The van der Waals surface area contributed by atoms with Crippen molar-refractivity contribution in [2.45, 2.75) is 59.5 Å². The Kier molecular flexibility index (Phi) is 8.69. The second kappa shape index (κ2) is 11.5. The van der Waals surface area contributed by atoms with Crippen molar-refractivity contribution in [1.29, 1.82) is 0 Å². The third kappa shape index (κ3) is 6.40. The summed E-state index contributed by atoms with van der Waals surface area (Å²) in [4.78, 5) is 42.3. The Hall–Kier alpha value is -3.45. The van der Waals surface area contributed by atoms with Crippen molar-refractivity contribution in [3.8, 4) is 0 Å². The third-order valence-corrected chi connectivity index (χ3v) is 7.36. The minimum Gasteiger partial charge on any atom is -0.349 e. The second-order valence-electron chi connectivity index (χ2n) is 9.68. The van der Waals surface area contributed by atoms with Crippen LogP contribution < -0.4 is 15.5 Å². The number of thiophene rings is 1. The van der Waals surface area contributed by atoms with Gasteiger partial charge >= 0.3 is 0 Å². The molecule has 0 aliphatic heterocycles. The Balaban J connectivity index is 2.08. The molecule has 0 bridgehead atoms. The fourth-order valence-corrected chi connectivity index (χ4v) is 4.45. The number of nitrogens with zero attached hydrogens (tertiary/aromatic N) is 1. The van der Waals surface area contributed by atoms with Crippen LogP contribution in [0.5, 0.6) is 0 Å². The minimum atomic E-state index is -0.914. The monoisotopic (exact) mass is 505 g/mol. The number of carbonyl (C=O) groups excluding carboxylic acids is 3. The van der Waals surface area contributed by atoms with Crippen LogP contribution in [0.2, 0.25) is 0 Å². The molecule has 0 radical (unpaired) electrons. The highest BCUT2D eigenvalue weighted by Gasteiger charge is 2.35. The largest absolute Gasteiger partial charge is 0.349 e. The molecule has 3 aromatic rings. The van der Waals surface area contributed by atoms with Gasteiger partial charge in [-0.25, -0.2) is 0 Å². The van der Waals surface area contributed by atoms with Gasteiger partial charge in [-0.3, -0.25) is 19.3 Å². The topological polar surface area (TPSA) is 78.5 Å². The summed E-state index contributed by atoms with van der Waals surface area (Å²) in [6.07, 6.45) is 0.730. The molecule has 0 aliphatic rings. The van der Waals surface area contributed by atoms with Gasteiger partial charge in [-0.2, -0.15) is 0 Å². The average molecular weight is 506 g/mol. The minimum absolute atomic E-state index is 0.239. The second-order valence-corrected chi connectivity index (χ2v) is 10.6. The standard InChI is InChI=1S/C29H35N3O3S/c1-7-29(5,6)31-28(35)26(22-15-13-19(2)14-16-22)32(23-11-8-10-20(3)21(23)4)25(33)18-30-27(34)24-12-9-17-36-24/h8-17,26H,7,18H2,1-6H3,(H,30,34)(H,31,35)/t26-/m0/s1. The molecule has 0 unspecified atom stereocenters. The van der Waals surface area contributed by atoms with E-state index in [1.54, 1.807) is 12.1 Å². The first kappa shape index (κ1) is 27.1. The zero-order valence-corrected chi connectivity index (χ0v) is 22.7. The van der Waals surface area contributed by atoms with E-state index in [1.165, 1.54) is 16.2 Å². The summed E-state index contributed by atoms with van der Waals surface area (Å²) in [7, 11) is 0. The Morgan fingerprint density at radius 1 is 0.972 bits per heavy atom. The summed E-state index contributed by atoms with van der Waals surface area (Å²) >= 11 is 1.31. The molecule has 3 rings (SSSR count). The summed E-state index contributed by atoms with van der Waals surface area (Å²) in [6.45, 7) is 11.6. The van der Waals surface area contributed by atoms with Crippen molar-refractivity contribution in [2.24, 2.45) is 0 Å². The molecule has 0 fully saturated rings. The van der Waals surface area contributed by atoms with E-state index >= 15 is 0 Å². The first-order valence-electron chi connectivity index (χ1n) is 12.1. The van der Waals surface area contributed by atoms with Gasteiger partial charge in [0.15, 0.2) is 0 Å². The van der Waals surface area contributed by atoms with Crippen LogP contribution in [0.25, 0.3) is 0 Å². The molecule has 0 spiro atoms. The molecule has 0 saturated heterocycles. The van der Waals surface area contributed by atoms with Crippen molar-refractivity contribution in [2.75, 3.05) is 11.4 Å². The van der Waals surface area contributed by atoms with Gasteiger partial charge in [0.25, 0.3) is 5.91 Å². The lowest BCUT2D eigenvalue weighted by atomic mass is 9.96. The van der Waals surface area contributed by atoms with E-state index in [0.29, 0.717) is 16.1 Å². The van der Waals surface area contributed by atoms with Crippen molar-refractivity contribution in [3.63, 3.8) is 0 Å². The van der Waals surface area contributed by atoms with Crippen molar-refractivity contribution in [1.82, 2.24) is 10.6 Å². The average Bonchev–Trinajstić information content (AvgIpc) is 3.38. The first-order valence-corrected chi connectivity index (χ1v) is 13.0. The molecule has 2 aromatic carbocycles. The highest BCUT2D eigenvalue weighted by atomic mass is 32.1. The predicted molar refractivity (Wildman–Crippen MR) is 146 cm³/mol. The molecule has 6 nitrogen and oxygen atoms in total. The van der Waals surface area contributed by atoms with Gasteiger partial charge in [0, 0.05) is 11.2 Å². The summed E-state index contributed by atoms with van der Waals surface area (Å²) in [5.41, 5.74) is 3.84. The maximum atomic E-state index is 13.9. The van der Waals surface area contributed by atoms with Crippen LogP contribution in [0.4, 0.5) is 5.69 Å². The number of anilines is 1. The molecule has 7 heteroatoms. The lowest BCUT2D eigenvalue weighted by Gasteiger charge is -2.35. The van der Waals surface area contributed by atoms with Gasteiger partial charge in [-0.05, 0) is 75.2 Å². The SMILES string of the molecule is CCC(C)(C)NC(=O)[C@H](c1ccc(C)cc1)N(C(=O)CNC(=O)c1cccs1)c1cccc(C)c1C. The van der Waals surface area contributed by atoms with Crippen LogP contribution in [-0.4, -0.2) is 29.8 Å². The molecular weight excluding hydrogens is 470 g/mol. The predicted octanol–water partition coefficient (Wildman–Crippen LogP) is 5.48. The van der Waals surface area contributed by atoms with Gasteiger partial charge in [0.1, 0.15) is 6.04 Å². The van der Waals surface area contributed by atoms with Crippen LogP contribution in [0, 0.1) is 20.8 Å². The molecule has 0 aliphatic carbocycles. The van der Waals surface area contributed by atoms with Crippen molar-refractivity contribution >= 4 is 34.7 Å². The molecule has 1 heterocycles. The van der Waals surface area contributed by atoms with E-state index in [9.17, 15) is 14.4 Å². The molecule has 3 amide bonds. The number of nitrogens with one attached hydrogen (secondary N) is 2. The van der Waals surface area contributed by atoms with Crippen LogP contribution in [0.15, 0.2) is 60.0 Å². The maximum Gasteiger partial charge on any atom is 0.261 e. The molecule has 0 saturated carbocycles. The van der Waals surface area contributed by atoms with Crippen molar-refractivity contribution < 1.29 is 14.4 Å². The fourth-order valence-electron chi connectivity index (χ4n) is 3.81. The zero-order valence-electron chi connectivity index (χ0n) is 21.8. The summed E-state index contributed by atoms with van der Waals surface area (Å²) in [5, 5.41) is 7.67. The number of hydrogen-bond acceptors (Lipinski definition) is 4. The Morgan fingerprint density at radius 2 is 1.67 bits per heavy atom. The van der Waals surface area contributed by atoms with E-state index in [2.05, 4.69) is 10.6 Å². The van der Waals surface area contributed by atoms with Crippen LogP contribution in [-0.2, 0) is 9.59 Å². The number of carbonyl (C=O) groups is 3. The Morgan fingerprint density at radius 3 is 2.28 bits per heavy atom. The smallest absolute Gasteiger partial charge is 0.261 e. The van der Waals surface area contributed by atoms with Gasteiger partial charge in [-0.15, -0.1) is 11.3 Å². The summed E-state index contributed by atoms with van der Waals surface area (Å²) in [5.74, 6) is -0.962. The highest BCUT2D eigenvalue weighted by Crippen LogP contribution is 2.32. The maximum absolute atomic E-state index is 13.9. The lowest BCUT2D eigenvalue weighted by molar-refractivity contribution is -0.127. The van der Waals surface area contributed by atoms with Crippen LogP contribution in [0.3, 0.4) is 0 Å². The third-order valence-electron chi connectivity index (χ3n) is 6.49. The number of aryl methyl sites for hydroxylation is 2. The lowest BCUT2D eigenvalue weighted by Crippen LogP contribution is -2.52. The van der Waals surface area contributed by atoms with Gasteiger partial charge in [0.2, 0.25) is 11.8 Å². The zero-order chi connectivity index (χ0) is 26.5. The molecule has 1 aromatic heterocycles. The Bertz CT molecular complexity index is 1220. The molecule has 36 heavy (non-hydrogen) atoms. The fraction of sp³-hybridized carbons (Fsp3) is 0.345. The van der Waals surface area contributed by atoms with E-state index in [1.807, 2.05) is 89.4 Å². The van der Waals surface area contributed by atoms with E-state index in [4.69, 9.17) is 0 Å². The highest BCUT2D eigenvalue weighted by molar-refractivity contribution is 7.12. The quantitative estimate of drug-likeness (QED) is 0.404. The van der Waals surface area contributed by atoms with Gasteiger partial charge in [0.05, 0.1) is 11.4 Å². The van der Waals surface area contributed by atoms with Crippen LogP contribution >= 0.6 is 11.3 Å². The summed E-state index contributed by atoms with van der Waals surface area (Å²) < 4.78 is 0. The first-order chi connectivity index (χ1) is 17.0. The molecule has 190 valence electrons. The van der Waals surface area contributed by atoms with Crippen molar-refractivity contribution in [3.05, 3.63) is 87.1 Å². The van der Waals surface area contributed by atoms with E-state index in [-0.39, 0.29) is 24.3 Å². The van der Waals surface area contributed by atoms with Crippen LogP contribution in [0.1, 0.15) is 65.2 Å². The van der Waals surface area contributed by atoms with E-state index < -0.39 is 11.6 Å². The number of hydrogen-bond donors (Lipinski definition) is 2. The summed E-state index contributed by atoms with van der Waals surface area (Å²) in [6, 6.07) is 15.9. The van der Waals surface area contributed by atoms with Gasteiger partial charge in [-0.1, -0.05) is 55.0 Å². The normalized spacial score (nSPS) is 12.1. The molecule has 2 N–H and O–H groups in total. The molecular formula is C29H35N3O3S.